The summed E-state index contributed by atoms with van der Waals surface area (Å²) in [5.41, 5.74) is 0. The Morgan fingerprint density at radius 1 is 0.579 bits per heavy atom. The summed E-state index contributed by atoms with van der Waals surface area (Å²) >= 11 is 0. The van der Waals surface area contributed by atoms with Crippen LogP contribution in [0.4, 0.5) is 0 Å². The molecule has 0 aromatic rings. The van der Waals surface area contributed by atoms with E-state index in [0.717, 1.165) is 38.5 Å². The molecule has 0 aliphatic heterocycles. The van der Waals surface area contributed by atoms with Gasteiger partial charge in [-0.3, -0.25) is 13.8 Å². The molecule has 0 saturated heterocycles. The summed E-state index contributed by atoms with van der Waals surface area (Å²) < 4.78 is 23.5. The normalized spacial score (nSPS) is 14.4. The maximum atomic E-state index is 12.8. The summed E-state index contributed by atoms with van der Waals surface area (Å²) in [7, 11) is 1.56. The summed E-state index contributed by atoms with van der Waals surface area (Å²) in [5.74, 6) is -0.187. The Bertz CT molecular complexity index is 984. The lowest BCUT2D eigenvalue weighted by Crippen LogP contribution is -2.45. The molecule has 3 unspecified atom stereocenters. The second kappa shape index (κ2) is 40.4. The van der Waals surface area contributed by atoms with E-state index < -0.39 is 20.0 Å². The number of quaternary nitrogens is 1. The van der Waals surface area contributed by atoms with E-state index in [4.69, 9.17) is 9.05 Å². The summed E-state index contributed by atoms with van der Waals surface area (Å²) in [6.45, 7) is 4.73. The zero-order chi connectivity index (χ0) is 42.1. The van der Waals surface area contributed by atoms with Gasteiger partial charge in [-0.05, 0) is 25.7 Å². The van der Waals surface area contributed by atoms with Crippen molar-refractivity contribution in [3.8, 4) is 0 Å². The van der Waals surface area contributed by atoms with Crippen molar-refractivity contribution in [1.29, 1.82) is 0 Å². The average Bonchev–Trinajstić information content (AvgIpc) is 3.16. The van der Waals surface area contributed by atoms with Gasteiger partial charge in [0.2, 0.25) is 5.91 Å². The van der Waals surface area contributed by atoms with Crippen molar-refractivity contribution in [1.82, 2.24) is 5.32 Å². The number of phosphoric acid groups is 1. The zero-order valence-electron chi connectivity index (χ0n) is 38.3. The molecule has 0 radical (unpaired) electrons. The molecule has 8 nitrogen and oxygen atoms in total. The fourth-order valence-corrected chi connectivity index (χ4v) is 7.78. The van der Waals surface area contributed by atoms with Crippen LogP contribution in [-0.4, -0.2) is 73.4 Å². The average molecular weight is 828 g/mol. The van der Waals surface area contributed by atoms with Crippen molar-refractivity contribution >= 4 is 13.7 Å². The third-order valence-electron chi connectivity index (χ3n) is 10.9. The highest BCUT2D eigenvalue weighted by Crippen LogP contribution is 2.43. The van der Waals surface area contributed by atoms with E-state index in [-0.39, 0.29) is 19.1 Å². The highest BCUT2D eigenvalue weighted by molar-refractivity contribution is 7.47. The number of allylic oxidation sites excluding steroid dienone is 3. The van der Waals surface area contributed by atoms with Gasteiger partial charge in [0.25, 0.3) is 0 Å². The molecule has 0 fully saturated rings. The third kappa shape index (κ3) is 42.9. The Balaban J connectivity index is 4.01. The molecule has 1 amide bonds. The molecule has 0 aliphatic rings. The van der Waals surface area contributed by atoms with Crippen molar-refractivity contribution in [3.63, 3.8) is 0 Å². The molecule has 3 atom stereocenters. The number of aliphatic hydroxyl groups is 1. The number of carbonyl (C=O) groups excluding carboxylic acids is 1. The van der Waals surface area contributed by atoms with Crippen LogP contribution in [0.3, 0.4) is 0 Å². The first kappa shape index (κ1) is 56.0. The molecule has 0 bridgehead atoms. The van der Waals surface area contributed by atoms with Crippen LogP contribution in [0.2, 0.25) is 0 Å². The zero-order valence-corrected chi connectivity index (χ0v) is 39.2. The first-order valence-corrected chi connectivity index (χ1v) is 25.7. The van der Waals surface area contributed by atoms with E-state index in [2.05, 4.69) is 31.3 Å². The second-order valence-corrected chi connectivity index (χ2v) is 19.3. The van der Waals surface area contributed by atoms with Crippen LogP contribution in [-0.2, 0) is 18.4 Å². The Kier molecular flexibility index (Phi) is 39.7. The fraction of sp³-hybridized carbons (Fsp3) is 0.896. The number of aliphatic hydroxyl groups excluding tert-OH is 1. The van der Waals surface area contributed by atoms with Crippen molar-refractivity contribution in [3.05, 3.63) is 24.3 Å². The van der Waals surface area contributed by atoms with Gasteiger partial charge < -0.3 is 19.8 Å². The quantitative estimate of drug-likeness (QED) is 0.0244. The molecule has 0 rings (SSSR count). The summed E-state index contributed by atoms with van der Waals surface area (Å²) in [4.78, 5) is 23.0. The third-order valence-corrected chi connectivity index (χ3v) is 11.9. The number of carbonyl (C=O) groups is 1. The van der Waals surface area contributed by atoms with Crippen molar-refractivity contribution in [2.24, 2.45) is 0 Å². The molecule has 9 heteroatoms. The molecule has 0 aromatic heterocycles. The smallest absolute Gasteiger partial charge is 0.387 e. The van der Waals surface area contributed by atoms with Crippen LogP contribution in [0, 0.1) is 0 Å². The molecule has 0 aromatic carbocycles. The number of rotatable bonds is 44. The van der Waals surface area contributed by atoms with E-state index in [9.17, 15) is 19.4 Å². The van der Waals surface area contributed by atoms with E-state index in [1.807, 2.05) is 27.2 Å². The summed E-state index contributed by atoms with van der Waals surface area (Å²) in [5, 5.41) is 13.7. The number of nitrogens with zero attached hydrogens (tertiary/aromatic N) is 1. The number of unbranched alkanes of at least 4 members (excludes halogenated alkanes) is 29. The Labute approximate surface area is 354 Å². The predicted molar refractivity (Wildman–Crippen MR) is 245 cm³/mol. The molecule has 0 spiro atoms. The maximum absolute atomic E-state index is 12.8. The molecule has 3 N–H and O–H groups in total. The standard InChI is InChI=1S/C48H95N2O6P/c1-6-8-10-12-14-16-17-18-19-20-21-22-23-24-25-26-27-28-29-30-31-32-33-34-36-38-40-42-48(52)49-46(45-56-57(53,54)55-44-43-50(3,4)5)47(51)41-39-37-35-15-13-11-9-7-2/h13,15,39,41,46-47,51H,6-12,14,16-38,40,42-45H2,1-5H3,(H-,49,52,53,54)/p+1/b15-13+,41-39+. The van der Waals surface area contributed by atoms with E-state index in [0.29, 0.717) is 17.4 Å². The van der Waals surface area contributed by atoms with Crippen molar-refractivity contribution < 1.29 is 32.9 Å². The molecule has 57 heavy (non-hydrogen) atoms. The van der Waals surface area contributed by atoms with Crippen LogP contribution >= 0.6 is 7.82 Å². The number of phosphoric ester groups is 1. The van der Waals surface area contributed by atoms with Crippen molar-refractivity contribution in [2.45, 2.75) is 238 Å². The van der Waals surface area contributed by atoms with Crippen LogP contribution in [0.25, 0.3) is 0 Å². The topological polar surface area (TPSA) is 105 Å². The summed E-state index contributed by atoms with van der Waals surface area (Å²) in [6.07, 6.45) is 48.7. The molecule has 0 saturated carbocycles. The molecular formula is C48H96N2O6P+. The number of hydrogen-bond acceptors (Lipinski definition) is 5. The number of likely N-dealkylation sites (N-methyl/N-ethyl adjacent to an activating group) is 1. The lowest BCUT2D eigenvalue weighted by molar-refractivity contribution is -0.870. The Morgan fingerprint density at radius 3 is 1.39 bits per heavy atom. The minimum absolute atomic E-state index is 0.0577. The van der Waals surface area contributed by atoms with Gasteiger partial charge in [-0.15, -0.1) is 0 Å². The summed E-state index contributed by atoms with van der Waals surface area (Å²) in [6, 6.07) is -0.856. The lowest BCUT2D eigenvalue weighted by Gasteiger charge is -2.25. The molecule has 0 aliphatic carbocycles. The van der Waals surface area contributed by atoms with Gasteiger partial charge in [0.15, 0.2) is 0 Å². The molecule has 338 valence electrons. The van der Waals surface area contributed by atoms with Crippen LogP contribution in [0.15, 0.2) is 24.3 Å². The number of nitrogens with one attached hydrogen (secondary N) is 1. The lowest BCUT2D eigenvalue weighted by atomic mass is 10.0. The largest absolute Gasteiger partial charge is 0.472 e. The van der Waals surface area contributed by atoms with Gasteiger partial charge in [-0.1, -0.05) is 218 Å². The van der Waals surface area contributed by atoms with E-state index >= 15 is 0 Å². The Hall–Kier alpha value is -1.02. The van der Waals surface area contributed by atoms with Crippen LogP contribution < -0.4 is 5.32 Å². The van der Waals surface area contributed by atoms with Gasteiger partial charge >= 0.3 is 7.82 Å². The van der Waals surface area contributed by atoms with E-state index in [1.165, 1.54) is 167 Å². The number of amides is 1. The second-order valence-electron chi connectivity index (χ2n) is 17.8. The molecular weight excluding hydrogens is 732 g/mol. The maximum Gasteiger partial charge on any atom is 0.472 e. The molecule has 0 heterocycles. The minimum atomic E-state index is -4.33. The van der Waals surface area contributed by atoms with Crippen LogP contribution in [0.5, 0.6) is 0 Å². The van der Waals surface area contributed by atoms with Gasteiger partial charge in [0.1, 0.15) is 13.2 Å². The minimum Gasteiger partial charge on any atom is -0.387 e. The van der Waals surface area contributed by atoms with Crippen LogP contribution in [0.1, 0.15) is 226 Å². The van der Waals surface area contributed by atoms with Gasteiger partial charge in [-0.25, -0.2) is 4.57 Å². The van der Waals surface area contributed by atoms with Gasteiger partial charge in [0, 0.05) is 6.42 Å². The fourth-order valence-electron chi connectivity index (χ4n) is 7.04. The highest BCUT2D eigenvalue weighted by Gasteiger charge is 2.27. The van der Waals surface area contributed by atoms with Gasteiger partial charge in [-0.2, -0.15) is 0 Å². The van der Waals surface area contributed by atoms with E-state index in [1.54, 1.807) is 6.08 Å². The Morgan fingerprint density at radius 2 is 0.965 bits per heavy atom. The SMILES string of the molecule is CCCC/C=C/CC/C=C/C(O)C(COP(=O)(O)OCC[N+](C)(C)C)NC(=O)CCCCCCCCCCCCCCCCCCCCCCCCCCCCC. The first-order valence-electron chi connectivity index (χ1n) is 24.2. The monoisotopic (exact) mass is 828 g/mol. The predicted octanol–water partition coefficient (Wildman–Crippen LogP) is 13.7. The highest BCUT2D eigenvalue weighted by atomic mass is 31.2. The first-order chi connectivity index (χ1) is 27.5. The number of hydrogen-bond donors (Lipinski definition) is 3. The van der Waals surface area contributed by atoms with Gasteiger partial charge in [0.05, 0.1) is 39.9 Å². The van der Waals surface area contributed by atoms with Crippen molar-refractivity contribution in [2.75, 3.05) is 40.9 Å².